The van der Waals surface area contributed by atoms with E-state index in [-0.39, 0.29) is 16.8 Å². The number of aryl methyl sites for hydroxylation is 1. The summed E-state index contributed by atoms with van der Waals surface area (Å²) in [7, 11) is -4.58. The Balaban J connectivity index is 2.32. The van der Waals surface area contributed by atoms with Gasteiger partial charge in [-0.2, -0.15) is 5.26 Å². The number of nitrogens with zero attached hydrogens (tertiary/aromatic N) is 2. The number of alkyl halides is 2. The lowest BCUT2D eigenvalue weighted by Crippen LogP contribution is -2.14. The Kier molecular flexibility index (Phi) is 5.16. The molecule has 0 aliphatic heterocycles. The minimum absolute atomic E-state index is 0.146. The second-order valence-corrected chi connectivity index (χ2v) is 7.55. The standard InChI is InChI=1S/C18H11F4N3O3S/c1-8-2-3-9(4-10(8)7-23)16-15(17(18(21)22)28-25-16)11-5-13(20)14(6-12(11)19)29(24,26)27/h2-6,18H,1H3,(H2,24,26,27). The number of hydrogen-bond acceptors (Lipinski definition) is 5. The van der Waals surface area contributed by atoms with Gasteiger partial charge in [0, 0.05) is 11.1 Å². The molecular formula is C18H11F4N3O3S. The summed E-state index contributed by atoms with van der Waals surface area (Å²) in [5, 5.41) is 17.5. The van der Waals surface area contributed by atoms with Crippen molar-refractivity contribution in [1.82, 2.24) is 5.16 Å². The summed E-state index contributed by atoms with van der Waals surface area (Å²) in [5.74, 6) is -3.80. The van der Waals surface area contributed by atoms with Crippen molar-refractivity contribution >= 4 is 10.0 Å². The van der Waals surface area contributed by atoms with E-state index in [1.54, 1.807) is 6.92 Å². The molecule has 2 aromatic carbocycles. The molecule has 150 valence electrons. The summed E-state index contributed by atoms with van der Waals surface area (Å²) in [6, 6.07) is 6.94. The molecule has 0 saturated carbocycles. The number of aromatic nitrogens is 1. The average Bonchev–Trinajstić information content (AvgIpc) is 3.08. The SMILES string of the molecule is Cc1ccc(-c2noc(C(F)F)c2-c2cc(F)c(S(N)(=O)=O)cc2F)cc1C#N. The van der Waals surface area contributed by atoms with Gasteiger partial charge in [-0.1, -0.05) is 17.3 Å². The van der Waals surface area contributed by atoms with Crippen LogP contribution in [0.4, 0.5) is 17.6 Å². The smallest absolute Gasteiger partial charge is 0.298 e. The van der Waals surface area contributed by atoms with E-state index in [9.17, 15) is 26.0 Å². The molecule has 11 heteroatoms. The predicted molar refractivity (Wildman–Crippen MR) is 93.1 cm³/mol. The van der Waals surface area contributed by atoms with Crippen LogP contribution in [0, 0.1) is 29.9 Å². The second-order valence-electron chi connectivity index (χ2n) is 6.02. The number of rotatable bonds is 4. The fourth-order valence-electron chi connectivity index (χ4n) is 2.74. The van der Waals surface area contributed by atoms with Crippen LogP contribution in [0.2, 0.25) is 0 Å². The molecule has 0 bridgehead atoms. The fourth-order valence-corrected chi connectivity index (χ4v) is 3.34. The zero-order valence-electron chi connectivity index (χ0n) is 14.6. The van der Waals surface area contributed by atoms with Gasteiger partial charge in [-0.3, -0.25) is 0 Å². The molecule has 0 fully saturated rings. The molecule has 0 radical (unpaired) electrons. The minimum Gasteiger partial charge on any atom is -0.354 e. The minimum atomic E-state index is -4.58. The van der Waals surface area contributed by atoms with Crippen molar-refractivity contribution in [2.75, 3.05) is 0 Å². The number of benzene rings is 2. The molecule has 0 unspecified atom stereocenters. The molecule has 0 spiro atoms. The Morgan fingerprint density at radius 1 is 1.17 bits per heavy atom. The Hall–Kier alpha value is -3.23. The van der Waals surface area contributed by atoms with E-state index in [1.165, 1.54) is 18.2 Å². The second kappa shape index (κ2) is 7.31. The molecule has 3 aromatic rings. The highest BCUT2D eigenvalue weighted by molar-refractivity contribution is 7.89. The van der Waals surface area contributed by atoms with Gasteiger partial charge in [-0.25, -0.2) is 31.1 Å². The number of nitriles is 1. The lowest BCUT2D eigenvalue weighted by Gasteiger charge is -2.09. The quantitative estimate of drug-likeness (QED) is 0.634. The van der Waals surface area contributed by atoms with Gasteiger partial charge >= 0.3 is 0 Å². The van der Waals surface area contributed by atoms with Crippen LogP contribution in [0.5, 0.6) is 0 Å². The highest BCUT2D eigenvalue weighted by atomic mass is 32.2. The van der Waals surface area contributed by atoms with Crippen LogP contribution < -0.4 is 5.14 Å². The van der Waals surface area contributed by atoms with E-state index in [1.807, 2.05) is 6.07 Å². The monoisotopic (exact) mass is 425 g/mol. The summed E-state index contributed by atoms with van der Waals surface area (Å²) < 4.78 is 83.1. The van der Waals surface area contributed by atoms with E-state index in [0.717, 1.165) is 0 Å². The van der Waals surface area contributed by atoms with Crippen LogP contribution in [-0.2, 0) is 10.0 Å². The number of hydrogen-bond donors (Lipinski definition) is 1. The van der Waals surface area contributed by atoms with Crippen LogP contribution in [0.1, 0.15) is 23.3 Å². The lowest BCUT2D eigenvalue weighted by molar-refractivity contribution is 0.113. The van der Waals surface area contributed by atoms with Gasteiger partial charge < -0.3 is 4.52 Å². The first-order valence-electron chi connectivity index (χ1n) is 7.85. The van der Waals surface area contributed by atoms with Gasteiger partial charge in [0.15, 0.2) is 0 Å². The maximum Gasteiger partial charge on any atom is 0.298 e. The summed E-state index contributed by atoms with van der Waals surface area (Å²) in [6.45, 7) is 1.65. The molecule has 0 aliphatic rings. The molecule has 1 aromatic heterocycles. The third-order valence-electron chi connectivity index (χ3n) is 4.15. The van der Waals surface area contributed by atoms with Crippen molar-refractivity contribution in [1.29, 1.82) is 5.26 Å². The fraction of sp³-hybridized carbons (Fsp3) is 0.111. The molecule has 0 aliphatic carbocycles. The maximum atomic E-state index is 14.6. The Labute approximate surface area is 162 Å². The van der Waals surface area contributed by atoms with Crippen LogP contribution in [-0.4, -0.2) is 13.6 Å². The predicted octanol–water partition coefficient (Wildman–Crippen LogP) is 4.05. The van der Waals surface area contributed by atoms with Gasteiger partial charge in [0.25, 0.3) is 6.43 Å². The van der Waals surface area contributed by atoms with Crippen molar-refractivity contribution in [3.05, 3.63) is 58.9 Å². The summed E-state index contributed by atoms with van der Waals surface area (Å²) >= 11 is 0. The average molecular weight is 425 g/mol. The molecule has 0 amide bonds. The van der Waals surface area contributed by atoms with E-state index in [4.69, 9.17) is 10.4 Å². The number of sulfonamides is 1. The van der Waals surface area contributed by atoms with E-state index in [0.29, 0.717) is 17.7 Å². The Bertz CT molecular complexity index is 1260. The maximum absolute atomic E-state index is 14.6. The zero-order chi connectivity index (χ0) is 21.5. The number of nitrogens with two attached hydrogens (primary N) is 1. The van der Waals surface area contributed by atoms with Crippen molar-refractivity contribution in [3.63, 3.8) is 0 Å². The highest BCUT2D eigenvalue weighted by Crippen LogP contribution is 2.41. The van der Waals surface area contributed by atoms with Crippen LogP contribution in [0.3, 0.4) is 0 Å². The first-order valence-corrected chi connectivity index (χ1v) is 9.40. The highest BCUT2D eigenvalue weighted by Gasteiger charge is 2.29. The van der Waals surface area contributed by atoms with Gasteiger partial charge in [-0.15, -0.1) is 0 Å². The first kappa shape index (κ1) is 20.5. The molecule has 6 nitrogen and oxygen atoms in total. The van der Waals surface area contributed by atoms with Gasteiger partial charge in [-0.05, 0) is 30.7 Å². The molecule has 2 N–H and O–H groups in total. The third-order valence-corrected chi connectivity index (χ3v) is 5.07. The summed E-state index contributed by atoms with van der Waals surface area (Å²) in [6.07, 6.45) is -3.23. The molecule has 29 heavy (non-hydrogen) atoms. The van der Waals surface area contributed by atoms with Crippen molar-refractivity contribution in [2.45, 2.75) is 18.2 Å². The van der Waals surface area contributed by atoms with Crippen molar-refractivity contribution in [3.8, 4) is 28.5 Å². The normalized spacial score (nSPS) is 11.7. The van der Waals surface area contributed by atoms with Crippen molar-refractivity contribution in [2.24, 2.45) is 5.14 Å². The van der Waals surface area contributed by atoms with Crippen LogP contribution >= 0.6 is 0 Å². The topological polar surface area (TPSA) is 110 Å². The number of primary sulfonamides is 1. The largest absolute Gasteiger partial charge is 0.354 e. The number of halogens is 4. The Morgan fingerprint density at radius 2 is 1.86 bits per heavy atom. The molecule has 3 rings (SSSR count). The molecular weight excluding hydrogens is 414 g/mol. The van der Waals surface area contributed by atoms with Gasteiger partial charge in [0.2, 0.25) is 15.8 Å². The van der Waals surface area contributed by atoms with Gasteiger partial charge in [0.05, 0.1) is 17.2 Å². The zero-order valence-corrected chi connectivity index (χ0v) is 15.4. The molecule has 1 heterocycles. The van der Waals surface area contributed by atoms with Crippen LogP contribution in [0.15, 0.2) is 39.8 Å². The van der Waals surface area contributed by atoms with Crippen LogP contribution in [0.25, 0.3) is 22.4 Å². The van der Waals surface area contributed by atoms with E-state index >= 15 is 0 Å². The van der Waals surface area contributed by atoms with E-state index < -0.39 is 49.9 Å². The molecule has 0 atom stereocenters. The first-order chi connectivity index (χ1) is 13.5. The summed E-state index contributed by atoms with van der Waals surface area (Å²) in [5.41, 5.74) is -0.561. The van der Waals surface area contributed by atoms with Gasteiger partial charge in [0.1, 0.15) is 22.2 Å². The Morgan fingerprint density at radius 3 is 2.45 bits per heavy atom. The van der Waals surface area contributed by atoms with E-state index in [2.05, 4.69) is 9.68 Å². The third kappa shape index (κ3) is 3.72. The van der Waals surface area contributed by atoms with Crippen molar-refractivity contribution < 1.29 is 30.5 Å². The summed E-state index contributed by atoms with van der Waals surface area (Å²) in [4.78, 5) is -1.13. The molecule has 0 saturated heterocycles. The lowest BCUT2D eigenvalue weighted by atomic mass is 9.96.